The summed E-state index contributed by atoms with van der Waals surface area (Å²) in [7, 11) is 0. The first-order valence-corrected chi connectivity index (χ1v) is 9.08. The number of hydrogen-bond acceptors (Lipinski definition) is 6. The van der Waals surface area contributed by atoms with Gasteiger partial charge >= 0.3 is 0 Å². The van der Waals surface area contributed by atoms with Gasteiger partial charge in [0.15, 0.2) is 11.6 Å². The number of anilines is 2. The molecule has 1 fully saturated rings. The molecule has 0 saturated carbocycles. The average Bonchev–Trinajstić information content (AvgIpc) is 2.64. The second-order valence-corrected chi connectivity index (χ2v) is 6.85. The Hall–Kier alpha value is -2.22. The van der Waals surface area contributed by atoms with E-state index in [1.54, 1.807) is 6.20 Å². The molecule has 0 amide bonds. The molecule has 26 heavy (non-hydrogen) atoms. The highest BCUT2D eigenvalue weighted by Crippen LogP contribution is 2.25. The average molecular weight is 381 g/mol. The highest BCUT2D eigenvalue weighted by Gasteiger charge is 2.24. The molecule has 0 aliphatic carbocycles. The van der Waals surface area contributed by atoms with Gasteiger partial charge in [-0.15, -0.1) is 0 Å². The number of aryl methyl sites for hydroxylation is 1. The fourth-order valence-corrected chi connectivity index (χ4v) is 3.30. The number of halogens is 2. The Morgan fingerprint density at radius 2 is 1.85 bits per heavy atom. The molecule has 7 nitrogen and oxygen atoms in total. The van der Waals surface area contributed by atoms with Crippen molar-refractivity contribution in [2.24, 2.45) is 0 Å². The van der Waals surface area contributed by atoms with Crippen LogP contribution in [0.1, 0.15) is 32.5 Å². The van der Waals surface area contributed by atoms with E-state index in [0.717, 1.165) is 0 Å². The molecule has 3 rings (SSSR count). The summed E-state index contributed by atoms with van der Waals surface area (Å²) in [5.41, 5.74) is 0.739. The minimum atomic E-state index is -0.359. The molecule has 1 aliphatic heterocycles. The van der Waals surface area contributed by atoms with Crippen LogP contribution in [0.5, 0.6) is 0 Å². The topological polar surface area (TPSA) is 67.2 Å². The van der Waals surface area contributed by atoms with Gasteiger partial charge in [-0.3, -0.25) is 4.79 Å². The van der Waals surface area contributed by atoms with Gasteiger partial charge in [0.1, 0.15) is 11.3 Å². The van der Waals surface area contributed by atoms with E-state index in [9.17, 15) is 9.18 Å². The van der Waals surface area contributed by atoms with Crippen molar-refractivity contribution in [3.8, 4) is 0 Å². The number of hydrogen-bond donors (Lipinski definition) is 0. The lowest BCUT2D eigenvalue weighted by molar-refractivity contribution is 0.501. The van der Waals surface area contributed by atoms with E-state index in [4.69, 9.17) is 11.6 Å². The molecule has 0 N–H and O–H groups in total. The Balaban J connectivity index is 1.77. The summed E-state index contributed by atoms with van der Waals surface area (Å²) in [6.07, 6.45) is 3.55. The molecule has 1 aliphatic rings. The van der Waals surface area contributed by atoms with Crippen molar-refractivity contribution in [3.05, 3.63) is 39.4 Å². The van der Waals surface area contributed by atoms with Crippen LogP contribution in [0.4, 0.5) is 15.9 Å². The quantitative estimate of drug-likeness (QED) is 0.810. The van der Waals surface area contributed by atoms with Crippen LogP contribution >= 0.6 is 11.6 Å². The maximum atomic E-state index is 14.5. The van der Waals surface area contributed by atoms with Gasteiger partial charge < -0.3 is 9.80 Å². The summed E-state index contributed by atoms with van der Waals surface area (Å²) in [5, 5.41) is 4.38. The lowest BCUT2D eigenvalue weighted by atomic mass is 10.2. The van der Waals surface area contributed by atoms with Crippen LogP contribution < -0.4 is 15.4 Å². The van der Waals surface area contributed by atoms with Gasteiger partial charge in [-0.05, 0) is 20.3 Å². The van der Waals surface area contributed by atoms with Crippen LogP contribution in [0.2, 0.25) is 5.02 Å². The summed E-state index contributed by atoms with van der Waals surface area (Å²) in [4.78, 5) is 24.3. The number of piperazine rings is 1. The molecule has 0 unspecified atom stereocenters. The van der Waals surface area contributed by atoms with Gasteiger partial charge in [0.05, 0.1) is 23.6 Å². The highest BCUT2D eigenvalue weighted by atomic mass is 35.5. The third kappa shape index (κ3) is 3.38. The van der Waals surface area contributed by atoms with Gasteiger partial charge in [-0.2, -0.15) is 5.10 Å². The fraction of sp³-hybridized carbons (Fsp3) is 0.529. The van der Waals surface area contributed by atoms with E-state index in [0.29, 0.717) is 49.8 Å². The molecule has 0 bridgehead atoms. The zero-order valence-electron chi connectivity index (χ0n) is 15.1. The Kier molecular flexibility index (Phi) is 5.41. The van der Waals surface area contributed by atoms with E-state index in [-0.39, 0.29) is 22.4 Å². The third-order valence-corrected chi connectivity index (χ3v) is 4.87. The molecule has 3 heterocycles. The molecular weight excluding hydrogens is 359 g/mol. The standard InChI is InChI=1S/C17H22ClFN6O/c1-4-12-15(19)16(21-10-20-12)24-7-5-23(6-8-24)13-9-22-25(11(2)3)17(26)14(13)18/h9-11H,4-8H2,1-3H3. The SMILES string of the molecule is CCc1ncnc(N2CCN(c3cnn(C(C)C)c(=O)c3Cl)CC2)c1F. The number of nitrogens with zero attached hydrogens (tertiary/aromatic N) is 6. The van der Waals surface area contributed by atoms with E-state index in [1.807, 2.05) is 30.6 Å². The predicted octanol–water partition coefficient (Wildman–Crippen LogP) is 2.30. The van der Waals surface area contributed by atoms with Crippen molar-refractivity contribution < 1.29 is 4.39 Å². The van der Waals surface area contributed by atoms with Crippen molar-refractivity contribution in [2.75, 3.05) is 36.0 Å². The lowest BCUT2D eigenvalue weighted by Gasteiger charge is -2.37. The van der Waals surface area contributed by atoms with Crippen molar-refractivity contribution in [1.29, 1.82) is 0 Å². The van der Waals surface area contributed by atoms with Crippen molar-refractivity contribution >= 4 is 23.1 Å². The Bertz CT molecular complexity index is 848. The smallest absolute Gasteiger partial charge is 0.287 e. The summed E-state index contributed by atoms with van der Waals surface area (Å²) < 4.78 is 15.8. The first kappa shape index (κ1) is 18.6. The van der Waals surface area contributed by atoms with Gasteiger partial charge in [0.2, 0.25) is 0 Å². The number of rotatable bonds is 4. The molecule has 2 aromatic heterocycles. The maximum absolute atomic E-state index is 14.5. The van der Waals surface area contributed by atoms with Crippen LogP contribution in [-0.2, 0) is 6.42 Å². The third-order valence-electron chi connectivity index (χ3n) is 4.51. The monoisotopic (exact) mass is 380 g/mol. The van der Waals surface area contributed by atoms with Crippen molar-refractivity contribution in [1.82, 2.24) is 19.7 Å². The summed E-state index contributed by atoms with van der Waals surface area (Å²) in [6.45, 7) is 7.95. The first-order chi connectivity index (χ1) is 12.4. The molecule has 1 saturated heterocycles. The van der Waals surface area contributed by atoms with Crippen LogP contribution in [0.3, 0.4) is 0 Å². The summed E-state index contributed by atoms with van der Waals surface area (Å²) in [5.74, 6) is -0.0290. The first-order valence-electron chi connectivity index (χ1n) is 8.70. The molecule has 0 radical (unpaired) electrons. The Labute approximate surface area is 156 Å². The van der Waals surface area contributed by atoms with E-state index in [1.165, 1.54) is 11.0 Å². The van der Waals surface area contributed by atoms with Gasteiger partial charge in [-0.25, -0.2) is 19.0 Å². The fourth-order valence-electron chi connectivity index (χ4n) is 3.05. The largest absolute Gasteiger partial charge is 0.365 e. The van der Waals surface area contributed by atoms with Crippen LogP contribution in [0, 0.1) is 5.82 Å². The minimum absolute atomic E-state index is 0.0561. The second-order valence-electron chi connectivity index (χ2n) is 6.47. The van der Waals surface area contributed by atoms with Gasteiger partial charge in [-0.1, -0.05) is 18.5 Å². The lowest BCUT2D eigenvalue weighted by Crippen LogP contribution is -2.47. The summed E-state index contributed by atoms with van der Waals surface area (Å²) >= 11 is 6.28. The van der Waals surface area contributed by atoms with Gasteiger partial charge in [0, 0.05) is 26.2 Å². The molecule has 0 atom stereocenters. The van der Waals surface area contributed by atoms with E-state index >= 15 is 0 Å². The highest BCUT2D eigenvalue weighted by molar-refractivity contribution is 6.33. The number of aromatic nitrogens is 4. The summed E-state index contributed by atoms with van der Waals surface area (Å²) in [6, 6.07) is -0.0561. The Morgan fingerprint density at radius 3 is 2.46 bits per heavy atom. The molecule has 0 spiro atoms. The maximum Gasteiger partial charge on any atom is 0.287 e. The molecule has 2 aromatic rings. The predicted molar refractivity (Wildman–Crippen MR) is 99.7 cm³/mol. The van der Waals surface area contributed by atoms with Crippen LogP contribution in [0.25, 0.3) is 0 Å². The minimum Gasteiger partial charge on any atom is -0.365 e. The Morgan fingerprint density at radius 1 is 1.19 bits per heavy atom. The molecule has 9 heteroatoms. The molecular formula is C17H22ClFN6O. The van der Waals surface area contributed by atoms with E-state index < -0.39 is 0 Å². The zero-order chi connectivity index (χ0) is 18.8. The van der Waals surface area contributed by atoms with Crippen molar-refractivity contribution in [2.45, 2.75) is 33.2 Å². The van der Waals surface area contributed by atoms with Crippen LogP contribution in [-0.4, -0.2) is 45.9 Å². The molecule has 0 aromatic carbocycles. The molecule has 140 valence electrons. The van der Waals surface area contributed by atoms with Crippen molar-refractivity contribution in [3.63, 3.8) is 0 Å². The van der Waals surface area contributed by atoms with E-state index in [2.05, 4.69) is 15.1 Å². The van der Waals surface area contributed by atoms with Crippen LogP contribution in [0.15, 0.2) is 17.3 Å². The zero-order valence-corrected chi connectivity index (χ0v) is 15.9. The second kappa shape index (κ2) is 7.57. The normalized spacial score (nSPS) is 15.0. The van der Waals surface area contributed by atoms with Gasteiger partial charge in [0.25, 0.3) is 5.56 Å².